The Bertz CT molecular complexity index is 1100. The van der Waals surface area contributed by atoms with Crippen LogP contribution in [0.1, 0.15) is 40.9 Å². The Morgan fingerprint density at radius 2 is 1.63 bits per heavy atom. The van der Waals surface area contributed by atoms with Crippen molar-refractivity contribution in [3.05, 3.63) is 71.3 Å². The maximum absolute atomic E-state index is 13.0. The van der Waals surface area contributed by atoms with Crippen LogP contribution in [-0.4, -0.2) is 45.0 Å². The van der Waals surface area contributed by atoms with Gasteiger partial charge in [0.1, 0.15) is 0 Å². The molecule has 1 atom stereocenters. The minimum absolute atomic E-state index is 0.0243. The fourth-order valence-electron chi connectivity index (χ4n) is 3.14. The largest absolute Gasteiger partial charge is 0.493 e. The molecule has 3 amide bonds. The molecule has 35 heavy (non-hydrogen) atoms. The molecule has 0 heterocycles. The average molecular weight is 484 g/mol. The van der Waals surface area contributed by atoms with Crippen LogP contribution < -0.4 is 25.6 Å². The van der Waals surface area contributed by atoms with Crippen molar-refractivity contribution in [1.29, 1.82) is 0 Å². The van der Waals surface area contributed by atoms with Crippen LogP contribution in [0.2, 0.25) is 0 Å². The van der Waals surface area contributed by atoms with Crippen molar-refractivity contribution in [3.8, 4) is 11.5 Å². The van der Waals surface area contributed by atoms with Crippen molar-refractivity contribution in [2.45, 2.75) is 25.8 Å². The molecule has 186 valence electrons. The second kappa shape index (κ2) is 13.4. The van der Waals surface area contributed by atoms with E-state index in [9.17, 15) is 19.2 Å². The van der Waals surface area contributed by atoms with Gasteiger partial charge in [0.2, 0.25) is 5.91 Å². The van der Waals surface area contributed by atoms with Crippen LogP contribution in [0.25, 0.3) is 0 Å². The molecule has 0 saturated carbocycles. The van der Waals surface area contributed by atoms with E-state index in [1.807, 2.05) is 13.0 Å². The van der Waals surface area contributed by atoms with Crippen molar-refractivity contribution in [3.63, 3.8) is 0 Å². The van der Waals surface area contributed by atoms with Gasteiger partial charge in [0.25, 0.3) is 11.8 Å². The lowest BCUT2D eigenvalue weighted by molar-refractivity contribution is -0.135. The molecule has 0 radical (unpaired) electrons. The van der Waals surface area contributed by atoms with Gasteiger partial charge < -0.3 is 19.5 Å². The van der Waals surface area contributed by atoms with E-state index in [1.54, 1.807) is 50.6 Å². The molecule has 0 unspecified atom stereocenters. The number of ether oxygens (including phenoxy) is 3. The molecule has 0 spiro atoms. The number of amides is 3. The zero-order valence-electron chi connectivity index (χ0n) is 20.0. The smallest absolute Gasteiger partial charge is 0.330 e. The molecule has 0 saturated heterocycles. The number of esters is 1. The fraction of sp³-hybridized carbons (Fsp3) is 0.280. The molecule has 2 aromatic carbocycles. The number of carbonyl (C=O) groups excluding carboxylic acids is 4. The molecule has 0 aliphatic carbocycles. The predicted molar refractivity (Wildman–Crippen MR) is 128 cm³/mol. The topological polar surface area (TPSA) is 132 Å². The molecule has 10 nitrogen and oxygen atoms in total. The summed E-state index contributed by atoms with van der Waals surface area (Å²) >= 11 is 0. The van der Waals surface area contributed by atoms with Crippen molar-refractivity contribution >= 4 is 23.7 Å². The minimum Gasteiger partial charge on any atom is -0.493 e. The monoisotopic (exact) mass is 483 g/mol. The Morgan fingerprint density at radius 1 is 0.914 bits per heavy atom. The van der Waals surface area contributed by atoms with Gasteiger partial charge in [-0.05, 0) is 42.7 Å². The lowest BCUT2D eigenvalue weighted by Gasteiger charge is -2.18. The van der Waals surface area contributed by atoms with Crippen LogP contribution in [-0.2, 0) is 25.5 Å². The van der Waals surface area contributed by atoms with Gasteiger partial charge in [-0.2, -0.15) is 0 Å². The van der Waals surface area contributed by atoms with E-state index in [0.29, 0.717) is 22.6 Å². The summed E-state index contributed by atoms with van der Waals surface area (Å²) in [6.07, 6.45) is 2.16. The van der Waals surface area contributed by atoms with E-state index in [2.05, 4.69) is 20.9 Å². The highest BCUT2D eigenvalue weighted by atomic mass is 16.5. The first-order valence-electron chi connectivity index (χ1n) is 10.7. The van der Waals surface area contributed by atoms with Crippen LogP contribution in [0.4, 0.5) is 0 Å². The van der Waals surface area contributed by atoms with Crippen LogP contribution in [0, 0.1) is 0 Å². The summed E-state index contributed by atoms with van der Waals surface area (Å²) in [5.74, 6) is -0.975. The van der Waals surface area contributed by atoms with Crippen LogP contribution in [0.15, 0.2) is 54.6 Å². The maximum Gasteiger partial charge on any atom is 0.330 e. The number of carbonyl (C=O) groups is 4. The number of nitrogens with one attached hydrogen (secondary N) is 3. The van der Waals surface area contributed by atoms with E-state index < -0.39 is 17.8 Å². The molecule has 10 heteroatoms. The Hall–Kier alpha value is -4.34. The number of hydrogen-bond acceptors (Lipinski definition) is 7. The Balaban J connectivity index is 1.96. The highest BCUT2D eigenvalue weighted by Crippen LogP contribution is 2.30. The van der Waals surface area contributed by atoms with E-state index in [1.165, 1.54) is 7.11 Å². The highest BCUT2D eigenvalue weighted by Gasteiger charge is 2.17. The molecule has 2 aromatic rings. The SMILES string of the molecule is COC(=O)/C=C/C(=O)NNC(=O)CCc1ccccc1C(=O)N[C@H](C)c1ccc(OC)c(OC)c1. The number of hydrazine groups is 1. The van der Waals surface area contributed by atoms with Gasteiger partial charge in [0.05, 0.1) is 27.4 Å². The van der Waals surface area contributed by atoms with E-state index in [0.717, 1.165) is 17.7 Å². The van der Waals surface area contributed by atoms with Gasteiger partial charge in [0.15, 0.2) is 11.5 Å². The average Bonchev–Trinajstić information content (AvgIpc) is 2.88. The van der Waals surface area contributed by atoms with Crippen molar-refractivity contribution in [2.75, 3.05) is 21.3 Å². The number of aryl methyl sites for hydroxylation is 1. The highest BCUT2D eigenvalue weighted by molar-refractivity contribution is 5.96. The lowest BCUT2D eigenvalue weighted by atomic mass is 10.0. The standard InChI is InChI=1S/C25H29N3O7/c1-16(18-9-11-20(33-2)21(15-18)34-3)26-25(32)19-8-6-5-7-17(19)10-12-22(29)27-28-23(30)13-14-24(31)35-4/h5-9,11,13-16H,10,12H2,1-4H3,(H,26,32)(H,27,29)(H,28,30)/b14-13+/t16-/m1/s1. The lowest BCUT2D eigenvalue weighted by Crippen LogP contribution is -2.41. The molecule has 3 N–H and O–H groups in total. The van der Waals surface area contributed by atoms with Gasteiger partial charge in [-0.1, -0.05) is 24.3 Å². The normalized spacial score (nSPS) is 11.3. The first-order chi connectivity index (χ1) is 16.8. The quantitative estimate of drug-likeness (QED) is 0.268. The number of methoxy groups -OCH3 is 3. The summed E-state index contributed by atoms with van der Waals surface area (Å²) in [6, 6.07) is 12.1. The van der Waals surface area contributed by atoms with E-state index in [4.69, 9.17) is 9.47 Å². The molecule has 0 aromatic heterocycles. The van der Waals surface area contributed by atoms with Gasteiger partial charge in [-0.15, -0.1) is 0 Å². The van der Waals surface area contributed by atoms with Gasteiger partial charge in [-0.25, -0.2) is 4.79 Å². The van der Waals surface area contributed by atoms with E-state index >= 15 is 0 Å². The van der Waals surface area contributed by atoms with Crippen molar-refractivity contribution in [1.82, 2.24) is 16.2 Å². The molecular formula is C25H29N3O7. The van der Waals surface area contributed by atoms with Gasteiger partial charge in [-0.3, -0.25) is 25.2 Å². The molecule has 2 rings (SSSR count). The molecule has 0 aliphatic rings. The minimum atomic E-state index is -0.693. The summed E-state index contributed by atoms with van der Waals surface area (Å²) in [5.41, 5.74) is 6.38. The summed E-state index contributed by atoms with van der Waals surface area (Å²) in [6.45, 7) is 1.85. The summed E-state index contributed by atoms with van der Waals surface area (Å²) in [7, 11) is 4.28. The maximum atomic E-state index is 13.0. The second-order valence-corrected chi connectivity index (χ2v) is 7.36. The number of hydrogen-bond donors (Lipinski definition) is 3. The van der Waals surface area contributed by atoms with Crippen molar-refractivity contribution in [2.24, 2.45) is 0 Å². The van der Waals surface area contributed by atoms with E-state index in [-0.39, 0.29) is 24.8 Å². The first-order valence-corrected chi connectivity index (χ1v) is 10.7. The Morgan fingerprint density at radius 3 is 2.31 bits per heavy atom. The van der Waals surface area contributed by atoms with Crippen LogP contribution >= 0.6 is 0 Å². The summed E-state index contributed by atoms with van der Waals surface area (Å²) in [5, 5.41) is 2.96. The Labute approximate surface area is 203 Å². The van der Waals surface area contributed by atoms with Crippen molar-refractivity contribution < 1.29 is 33.4 Å². The first kappa shape index (κ1) is 26.9. The van der Waals surface area contributed by atoms with Gasteiger partial charge >= 0.3 is 5.97 Å². The summed E-state index contributed by atoms with van der Waals surface area (Å²) < 4.78 is 15.0. The molecule has 0 aliphatic heterocycles. The zero-order chi connectivity index (χ0) is 25.8. The van der Waals surface area contributed by atoms with Crippen LogP contribution in [0.3, 0.4) is 0 Å². The molecule has 0 bridgehead atoms. The number of rotatable bonds is 10. The summed E-state index contributed by atoms with van der Waals surface area (Å²) in [4.78, 5) is 47.7. The molecular weight excluding hydrogens is 454 g/mol. The third-order valence-corrected chi connectivity index (χ3v) is 5.04. The van der Waals surface area contributed by atoms with Gasteiger partial charge in [0, 0.05) is 24.1 Å². The second-order valence-electron chi connectivity index (χ2n) is 7.36. The zero-order valence-corrected chi connectivity index (χ0v) is 20.0. The molecule has 0 fully saturated rings. The third kappa shape index (κ3) is 8.18. The fourth-order valence-corrected chi connectivity index (χ4v) is 3.14. The Kier molecular flexibility index (Phi) is 10.3. The van der Waals surface area contributed by atoms with Crippen LogP contribution in [0.5, 0.6) is 11.5 Å². The third-order valence-electron chi connectivity index (χ3n) is 5.04. The number of benzene rings is 2. The predicted octanol–water partition coefficient (Wildman–Crippen LogP) is 2.00.